The van der Waals surface area contributed by atoms with E-state index in [2.05, 4.69) is 6.58 Å². The molecule has 17 heavy (non-hydrogen) atoms. The zero-order valence-electron chi connectivity index (χ0n) is 8.93. The van der Waals surface area contributed by atoms with Gasteiger partial charge >= 0.3 is 6.18 Å². The van der Waals surface area contributed by atoms with Gasteiger partial charge in [-0.25, -0.2) is 0 Å². The minimum Gasteiger partial charge on any atom is -0.165 e. The summed E-state index contributed by atoms with van der Waals surface area (Å²) >= 11 is 3.76. The summed E-state index contributed by atoms with van der Waals surface area (Å²) in [5, 5.41) is 0. The molecule has 0 unspecified atom stereocenters. The third-order valence-electron chi connectivity index (χ3n) is 2.10. The van der Waals surface area contributed by atoms with Crippen LogP contribution in [0.15, 0.2) is 17.5 Å². The first-order valence-electron chi connectivity index (χ1n) is 4.86. The van der Waals surface area contributed by atoms with Crippen LogP contribution in [0.1, 0.15) is 16.7 Å². The zero-order valence-corrected chi connectivity index (χ0v) is 11.4. The van der Waals surface area contributed by atoms with E-state index >= 15 is 0 Å². The largest absolute Gasteiger partial charge is 0.425 e. The molecule has 0 atom stereocenters. The normalized spacial score (nSPS) is 12.2. The fourth-order valence-electron chi connectivity index (χ4n) is 1.44. The van der Waals surface area contributed by atoms with Crippen molar-refractivity contribution in [3.05, 3.63) is 22.4 Å². The Kier molecular flexibility index (Phi) is 3.56. The average Bonchev–Trinajstić information content (AvgIpc) is 2.76. The van der Waals surface area contributed by atoms with Gasteiger partial charge in [-0.05, 0) is 11.8 Å². The lowest BCUT2D eigenvalue weighted by atomic mass is 10.4. The van der Waals surface area contributed by atoms with Gasteiger partial charge in [-0.2, -0.15) is 13.2 Å². The van der Waals surface area contributed by atoms with Crippen LogP contribution in [0.3, 0.4) is 0 Å². The number of thiophene rings is 2. The molecule has 0 N–H and O–H groups in total. The number of rotatable bonds is 3. The Bertz CT molecular complexity index is 548. The van der Waals surface area contributed by atoms with Gasteiger partial charge in [-0.15, -0.1) is 34.4 Å². The lowest BCUT2D eigenvalue weighted by Crippen LogP contribution is -2.00. The molecule has 0 aromatic carbocycles. The maximum absolute atomic E-state index is 12.6. The summed E-state index contributed by atoms with van der Waals surface area (Å²) in [6.45, 7) is 5.68. The molecule has 0 bridgehead atoms. The van der Waals surface area contributed by atoms with Crippen molar-refractivity contribution in [2.24, 2.45) is 0 Å². The van der Waals surface area contributed by atoms with Gasteiger partial charge in [0.1, 0.15) is 4.88 Å². The van der Waals surface area contributed by atoms with Crippen LogP contribution < -0.4 is 0 Å². The predicted molar refractivity (Wildman–Crippen MR) is 71.2 cm³/mol. The lowest BCUT2D eigenvalue weighted by Gasteiger charge is -2.01. The lowest BCUT2D eigenvalue weighted by molar-refractivity contribution is -0.134. The zero-order chi connectivity index (χ0) is 12.6. The average molecular weight is 294 g/mol. The van der Waals surface area contributed by atoms with E-state index in [1.807, 2.05) is 6.92 Å². The van der Waals surface area contributed by atoms with E-state index in [0.717, 1.165) is 31.6 Å². The van der Waals surface area contributed by atoms with Gasteiger partial charge in [0, 0.05) is 14.5 Å². The van der Waals surface area contributed by atoms with Gasteiger partial charge in [0.25, 0.3) is 0 Å². The first-order valence-corrected chi connectivity index (χ1v) is 7.48. The molecule has 0 fully saturated rings. The topological polar surface area (TPSA) is 0 Å². The highest BCUT2D eigenvalue weighted by atomic mass is 32.2. The van der Waals surface area contributed by atoms with Gasteiger partial charge < -0.3 is 0 Å². The Labute approximate surface area is 109 Å². The van der Waals surface area contributed by atoms with Gasteiger partial charge in [0.05, 0.1) is 4.70 Å². The summed E-state index contributed by atoms with van der Waals surface area (Å²) in [4.78, 5) is 1.38. The molecule has 2 heterocycles. The van der Waals surface area contributed by atoms with E-state index in [1.165, 1.54) is 17.4 Å². The maximum Gasteiger partial charge on any atom is 0.425 e. The van der Waals surface area contributed by atoms with E-state index in [4.69, 9.17) is 0 Å². The van der Waals surface area contributed by atoms with E-state index in [0.29, 0.717) is 4.70 Å². The quantitative estimate of drug-likeness (QED) is 0.651. The first-order chi connectivity index (χ1) is 7.97. The molecule has 0 saturated carbocycles. The van der Waals surface area contributed by atoms with Gasteiger partial charge in [-0.3, -0.25) is 0 Å². The van der Waals surface area contributed by atoms with Crippen LogP contribution in [-0.2, 0) is 6.18 Å². The second-order valence-corrected chi connectivity index (χ2v) is 6.64. The Balaban J connectivity index is 2.59. The molecule has 6 heteroatoms. The summed E-state index contributed by atoms with van der Waals surface area (Å²) in [6, 6.07) is 1.23. The Hall–Kier alpha value is -0.460. The molecule has 0 saturated heterocycles. The molecular formula is C11H9F3S3. The monoisotopic (exact) mass is 294 g/mol. The Morgan fingerprint density at radius 3 is 2.65 bits per heavy atom. The predicted octanol–water partition coefficient (Wildman–Crippen LogP) is 5.74. The minimum absolute atomic E-state index is 0.521. The number of hydrogen-bond acceptors (Lipinski definition) is 3. The molecular weight excluding hydrogens is 285 g/mol. The molecule has 92 valence electrons. The van der Waals surface area contributed by atoms with Crippen molar-refractivity contribution in [3.63, 3.8) is 0 Å². The molecule has 2 aromatic heterocycles. The third-order valence-corrected chi connectivity index (χ3v) is 5.82. The number of halogens is 3. The highest BCUT2D eigenvalue weighted by Crippen LogP contribution is 2.47. The van der Waals surface area contributed by atoms with Crippen molar-refractivity contribution in [2.45, 2.75) is 18.0 Å². The van der Waals surface area contributed by atoms with Crippen LogP contribution in [0.25, 0.3) is 15.5 Å². The van der Waals surface area contributed by atoms with E-state index in [9.17, 15) is 13.2 Å². The summed E-state index contributed by atoms with van der Waals surface area (Å²) in [5.74, 6) is 0.839. The minimum atomic E-state index is -4.24. The second-order valence-electron chi connectivity index (χ2n) is 3.23. The van der Waals surface area contributed by atoms with Crippen LogP contribution in [0.4, 0.5) is 13.2 Å². The van der Waals surface area contributed by atoms with Crippen molar-refractivity contribution in [1.29, 1.82) is 0 Å². The highest BCUT2D eigenvalue weighted by molar-refractivity contribution is 7.99. The van der Waals surface area contributed by atoms with Crippen molar-refractivity contribution in [1.82, 2.24) is 0 Å². The van der Waals surface area contributed by atoms with Crippen LogP contribution in [-0.4, -0.2) is 5.75 Å². The fraction of sp³-hybridized carbons (Fsp3) is 0.273. The maximum atomic E-state index is 12.6. The van der Waals surface area contributed by atoms with Crippen molar-refractivity contribution in [2.75, 3.05) is 5.75 Å². The number of hydrogen-bond donors (Lipinski definition) is 0. The first kappa shape index (κ1) is 13.0. The van der Waals surface area contributed by atoms with Gasteiger partial charge in [0.2, 0.25) is 0 Å². The van der Waals surface area contributed by atoms with E-state index in [1.54, 1.807) is 17.8 Å². The van der Waals surface area contributed by atoms with E-state index < -0.39 is 11.1 Å². The Morgan fingerprint density at radius 1 is 1.41 bits per heavy atom. The van der Waals surface area contributed by atoms with E-state index in [-0.39, 0.29) is 0 Å². The fourth-order valence-corrected chi connectivity index (χ4v) is 5.01. The number of thioether (sulfide) groups is 1. The summed E-state index contributed by atoms with van der Waals surface area (Å²) < 4.78 is 39.2. The Morgan fingerprint density at radius 2 is 2.12 bits per heavy atom. The molecule has 0 amide bonds. The number of alkyl halides is 3. The molecule has 0 aliphatic rings. The second kappa shape index (κ2) is 4.66. The number of fused-ring (bicyclic) bond motifs is 1. The summed E-state index contributed by atoms with van der Waals surface area (Å²) in [5.41, 5.74) is 0. The SMILES string of the molecule is C=Cc1sc2cc(C(F)(F)F)sc2c1SCC. The van der Waals surface area contributed by atoms with Gasteiger partial charge in [0.15, 0.2) is 0 Å². The van der Waals surface area contributed by atoms with Crippen molar-refractivity contribution < 1.29 is 13.2 Å². The summed E-state index contributed by atoms with van der Waals surface area (Å²) in [6.07, 6.45) is -2.53. The van der Waals surface area contributed by atoms with Crippen LogP contribution in [0, 0.1) is 0 Å². The van der Waals surface area contributed by atoms with Crippen molar-refractivity contribution in [3.8, 4) is 0 Å². The van der Waals surface area contributed by atoms with Gasteiger partial charge in [-0.1, -0.05) is 19.6 Å². The molecule has 0 aliphatic heterocycles. The van der Waals surface area contributed by atoms with Crippen LogP contribution >= 0.6 is 34.4 Å². The summed E-state index contributed by atoms with van der Waals surface area (Å²) in [7, 11) is 0. The molecule has 2 rings (SSSR count). The molecule has 2 aromatic rings. The van der Waals surface area contributed by atoms with Crippen LogP contribution in [0.5, 0.6) is 0 Å². The van der Waals surface area contributed by atoms with Crippen molar-refractivity contribution >= 4 is 49.9 Å². The third kappa shape index (κ3) is 2.39. The molecule has 0 nitrogen and oxygen atoms in total. The molecule has 0 aliphatic carbocycles. The standard InChI is InChI=1S/C11H9F3S3/c1-3-6-9(15-4-2)10-7(16-6)5-8(17-10)11(12,13)14/h3,5H,1,4H2,2H3. The smallest absolute Gasteiger partial charge is 0.165 e. The molecule has 0 spiro atoms. The molecule has 0 radical (unpaired) electrons. The van der Waals surface area contributed by atoms with Crippen LogP contribution in [0.2, 0.25) is 0 Å². The highest BCUT2D eigenvalue weighted by Gasteiger charge is 2.33.